The second kappa shape index (κ2) is 4.39. The first-order valence-corrected chi connectivity index (χ1v) is 4.63. The molecule has 0 spiro atoms. The number of aromatic nitrogens is 1. The van der Waals surface area contributed by atoms with E-state index < -0.39 is 5.97 Å². The minimum atomic E-state index is -1.10. The van der Waals surface area contributed by atoms with E-state index in [0.717, 1.165) is 17.1 Å². The smallest absolute Gasteiger partial charge is 0.348 e. The molecule has 0 bridgehead atoms. The highest BCUT2D eigenvalue weighted by Crippen LogP contribution is 2.14. The fraction of sp³-hybridized carbons (Fsp3) is 0. The highest BCUT2D eigenvalue weighted by Gasteiger charge is 1.95. The number of pyridine rings is 1. The molecule has 0 aliphatic carbocycles. The first-order chi connectivity index (χ1) is 7.75. The molecule has 0 radical (unpaired) electrons. The van der Waals surface area contributed by atoms with Crippen LogP contribution < -0.4 is 5.43 Å². The zero-order valence-electron chi connectivity index (χ0n) is 8.29. The van der Waals surface area contributed by atoms with Crippen LogP contribution in [0.2, 0.25) is 0 Å². The van der Waals surface area contributed by atoms with Crippen molar-refractivity contribution in [3.05, 3.63) is 36.4 Å². The van der Waals surface area contributed by atoms with Gasteiger partial charge in [-0.3, -0.25) is 5.43 Å². The number of hydrogen-bond donors (Lipinski definition) is 2. The molecule has 0 saturated carbocycles. The third-order valence-electron chi connectivity index (χ3n) is 1.95. The summed E-state index contributed by atoms with van der Waals surface area (Å²) >= 11 is 0. The summed E-state index contributed by atoms with van der Waals surface area (Å²) in [6.45, 7) is 0. The normalized spacial score (nSPS) is 10.8. The number of carboxylic acid groups (broad SMARTS) is 1. The Morgan fingerprint density at radius 2 is 2.12 bits per heavy atom. The summed E-state index contributed by atoms with van der Waals surface area (Å²) in [6, 6.07) is 11.3. The quantitative estimate of drug-likeness (QED) is 0.603. The van der Waals surface area contributed by atoms with E-state index in [-0.39, 0.29) is 0 Å². The molecule has 0 atom stereocenters. The lowest BCUT2D eigenvalue weighted by molar-refractivity contribution is -0.128. The number of hydrogen-bond acceptors (Lipinski definition) is 4. The molecule has 0 saturated heterocycles. The van der Waals surface area contributed by atoms with Gasteiger partial charge < -0.3 is 5.11 Å². The van der Waals surface area contributed by atoms with Crippen molar-refractivity contribution in [3.63, 3.8) is 0 Å². The van der Waals surface area contributed by atoms with Gasteiger partial charge in [0, 0.05) is 5.39 Å². The average molecular weight is 215 g/mol. The molecule has 0 aliphatic heterocycles. The van der Waals surface area contributed by atoms with E-state index in [0.29, 0.717) is 5.82 Å². The van der Waals surface area contributed by atoms with E-state index in [1.165, 1.54) is 0 Å². The Kier molecular flexibility index (Phi) is 2.77. The second-order valence-corrected chi connectivity index (χ2v) is 3.10. The van der Waals surface area contributed by atoms with Crippen LogP contribution in [0.15, 0.2) is 41.5 Å². The summed E-state index contributed by atoms with van der Waals surface area (Å²) in [7, 11) is 0. The highest BCUT2D eigenvalue weighted by atomic mass is 16.4. The summed E-state index contributed by atoms with van der Waals surface area (Å²) in [4.78, 5) is 14.4. The van der Waals surface area contributed by atoms with Crippen molar-refractivity contribution in [2.24, 2.45) is 5.10 Å². The molecule has 1 aromatic carbocycles. The summed E-state index contributed by atoms with van der Waals surface area (Å²) in [6.07, 6.45) is 0.775. The maximum absolute atomic E-state index is 10.2. The Morgan fingerprint density at radius 3 is 2.94 bits per heavy atom. The van der Waals surface area contributed by atoms with Gasteiger partial charge in [0.1, 0.15) is 12.0 Å². The van der Waals surface area contributed by atoms with E-state index in [2.05, 4.69) is 15.5 Å². The summed E-state index contributed by atoms with van der Waals surface area (Å²) in [5.74, 6) is -0.593. The van der Waals surface area contributed by atoms with Gasteiger partial charge in [-0.15, -0.1) is 0 Å². The predicted molar refractivity (Wildman–Crippen MR) is 61.5 cm³/mol. The van der Waals surface area contributed by atoms with Crippen LogP contribution >= 0.6 is 0 Å². The van der Waals surface area contributed by atoms with Crippen LogP contribution in [-0.4, -0.2) is 22.3 Å². The third kappa shape index (κ3) is 2.33. The Morgan fingerprint density at radius 1 is 1.31 bits per heavy atom. The zero-order valence-corrected chi connectivity index (χ0v) is 8.29. The second-order valence-electron chi connectivity index (χ2n) is 3.10. The monoisotopic (exact) mass is 215 g/mol. The van der Waals surface area contributed by atoms with Crippen molar-refractivity contribution >= 4 is 28.9 Å². The van der Waals surface area contributed by atoms with Crippen LogP contribution in [-0.2, 0) is 4.79 Å². The number of fused-ring (bicyclic) bond motifs is 1. The Hall–Kier alpha value is -2.43. The van der Waals surface area contributed by atoms with Crippen LogP contribution in [0.25, 0.3) is 10.9 Å². The summed E-state index contributed by atoms with van der Waals surface area (Å²) in [5.41, 5.74) is 3.38. The van der Waals surface area contributed by atoms with Gasteiger partial charge in [0.15, 0.2) is 0 Å². The Balaban J connectivity index is 2.23. The van der Waals surface area contributed by atoms with Crippen molar-refractivity contribution in [3.8, 4) is 0 Å². The number of anilines is 1. The number of hydrazone groups is 1. The van der Waals surface area contributed by atoms with Crippen LogP contribution in [0, 0.1) is 0 Å². The largest absolute Gasteiger partial charge is 0.477 e. The van der Waals surface area contributed by atoms with Crippen molar-refractivity contribution in [2.45, 2.75) is 0 Å². The third-order valence-corrected chi connectivity index (χ3v) is 1.95. The Bertz CT molecular complexity index is 552. The minimum Gasteiger partial charge on any atom is -0.477 e. The lowest BCUT2D eigenvalue weighted by Crippen LogP contribution is -1.99. The summed E-state index contributed by atoms with van der Waals surface area (Å²) in [5, 5.41) is 12.9. The SMILES string of the molecule is O=C(O)/C=N\Nc1ccc2ccccc2n1. The van der Waals surface area contributed by atoms with Crippen LogP contribution in [0.3, 0.4) is 0 Å². The van der Waals surface area contributed by atoms with Crippen molar-refractivity contribution in [1.82, 2.24) is 4.98 Å². The number of benzene rings is 1. The molecule has 2 N–H and O–H groups in total. The standard InChI is InChI=1S/C11H9N3O2/c15-11(16)7-12-14-10-6-5-8-3-1-2-4-9(8)13-10/h1-7H,(H,13,14)(H,15,16)/b12-7-. The number of aliphatic carboxylic acids is 1. The van der Waals surface area contributed by atoms with Crippen molar-refractivity contribution < 1.29 is 9.90 Å². The molecule has 80 valence electrons. The number of para-hydroxylation sites is 1. The molecule has 16 heavy (non-hydrogen) atoms. The van der Waals surface area contributed by atoms with E-state index in [1.54, 1.807) is 6.07 Å². The first kappa shape index (κ1) is 10.1. The molecule has 0 amide bonds. The van der Waals surface area contributed by atoms with E-state index in [9.17, 15) is 4.79 Å². The molecule has 0 aliphatic rings. The number of carboxylic acids is 1. The van der Waals surface area contributed by atoms with Gasteiger partial charge in [-0.2, -0.15) is 5.10 Å². The van der Waals surface area contributed by atoms with Crippen molar-refractivity contribution in [2.75, 3.05) is 5.43 Å². The molecule has 1 aromatic heterocycles. The number of rotatable bonds is 3. The summed E-state index contributed by atoms with van der Waals surface area (Å²) < 4.78 is 0. The van der Waals surface area contributed by atoms with Gasteiger partial charge in [0.2, 0.25) is 0 Å². The van der Waals surface area contributed by atoms with Gasteiger partial charge in [-0.25, -0.2) is 9.78 Å². The molecule has 2 aromatic rings. The molecule has 5 heteroatoms. The molecular formula is C11H9N3O2. The average Bonchev–Trinajstić information content (AvgIpc) is 2.28. The topological polar surface area (TPSA) is 74.6 Å². The molecule has 0 fully saturated rings. The molecule has 1 heterocycles. The molecule has 5 nitrogen and oxygen atoms in total. The van der Waals surface area contributed by atoms with Gasteiger partial charge in [0.05, 0.1) is 5.52 Å². The van der Waals surface area contributed by atoms with Crippen LogP contribution in [0.1, 0.15) is 0 Å². The predicted octanol–water partition coefficient (Wildman–Crippen LogP) is 1.72. The maximum atomic E-state index is 10.2. The Labute approximate surface area is 91.4 Å². The number of carbonyl (C=O) groups is 1. The van der Waals surface area contributed by atoms with Crippen LogP contribution in [0.5, 0.6) is 0 Å². The fourth-order valence-electron chi connectivity index (χ4n) is 1.28. The maximum Gasteiger partial charge on any atom is 0.348 e. The van der Waals surface area contributed by atoms with E-state index >= 15 is 0 Å². The lowest BCUT2D eigenvalue weighted by atomic mass is 10.2. The molecule has 2 rings (SSSR count). The van der Waals surface area contributed by atoms with E-state index in [4.69, 9.17) is 5.11 Å². The minimum absolute atomic E-state index is 0.510. The lowest BCUT2D eigenvalue weighted by Gasteiger charge is -2.00. The molecule has 0 unspecified atom stereocenters. The first-order valence-electron chi connectivity index (χ1n) is 4.63. The fourth-order valence-corrected chi connectivity index (χ4v) is 1.28. The van der Waals surface area contributed by atoms with Gasteiger partial charge >= 0.3 is 5.97 Å². The zero-order chi connectivity index (χ0) is 11.4. The van der Waals surface area contributed by atoms with Gasteiger partial charge in [-0.05, 0) is 18.2 Å². The van der Waals surface area contributed by atoms with Gasteiger partial charge in [-0.1, -0.05) is 18.2 Å². The number of nitrogens with zero attached hydrogens (tertiary/aromatic N) is 2. The highest BCUT2D eigenvalue weighted by molar-refractivity contribution is 6.22. The van der Waals surface area contributed by atoms with Gasteiger partial charge in [0.25, 0.3) is 0 Å². The van der Waals surface area contributed by atoms with Crippen molar-refractivity contribution in [1.29, 1.82) is 0 Å². The van der Waals surface area contributed by atoms with E-state index in [1.807, 2.05) is 30.3 Å². The number of nitrogens with one attached hydrogen (secondary N) is 1. The van der Waals surface area contributed by atoms with Crippen LogP contribution in [0.4, 0.5) is 5.82 Å². The molecular weight excluding hydrogens is 206 g/mol.